The first kappa shape index (κ1) is 21.0. The second-order valence-corrected chi connectivity index (χ2v) is 8.29. The highest BCUT2D eigenvalue weighted by Gasteiger charge is 2.26. The SMILES string of the molecule is COc1ccc(NC(=O)N(Cc2cc3cc(C)ccc3[nH]c2=O)C2CCCCC2)cc1. The molecular weight excluding hydrogens is 390 g/mol. The normalized spacial score (nSPS) is 14.4. The van der Waals surface area contributed by atoms with E-state index in [1.165, 1.54) is 6.42 Å². The Hall–Kier alpha value is -3.28. The highest BCUT2D eigenvalue weighted by atomic mass is 16.5. The minimum absolute atomic E-state index is 0.125. The Balaban J connectivity index is 1.61. The van der Waals surface area contributed by atoms with E-state index in [0.29, 0.717) is 11.3 Å². The number of carbonyl (C=O) groups excluding carboxylic acids is 1. The first-order valence-electron chi connectivity index (χ1n) is 10.9. The van der Waals surface area contributed by atoms with E-state index in [9.17, 15) is 9.59 Å². The lowest BCUT2D eigenvalue weighted by Crippen LogP contribution is -2.44. The quantitative estimate of drug-likeness (QED) is 0.596. The molecule has 2 N–H and O–H groups in total. The number of anilines is 1. The topological polar surface area (TPSA) is 74.4 Å². The van der Waals surface area contributed by atoms with Gasteiger partial charge in [-0.25, -0.2) is 4.79 Å². The van der Waals surface area contributed by atoms with Gasteiger partial charge in [0, 0.05) is 22.8 Å². The largest absolute Gasteiger partial charge is 0.497 e. The van der Waals surface area contributed by atoms with E-state index in [2.05, 4.69) is 16.4 Å². The van der Waals surface area contributed by atoms with E-state index >= 15 is 0 Å². The lowest BCUT2D eigenvalue weighted by atomic mass is 9.94. The number of aromatic nitrogens is 1. The van der Waals surface area contributed by atoms with E-state index in [4.69, 9.17) is 4.74 Å². The summed E-state index contributed by atoms with van der Waals surface area (Å²) in [6.45, 7) is 2.31. The second-order valence-electron chi connectivity index (χ2n) is 8.29. The van der Waals surface area contributed by atoms with Crippen LogP contribution in [0.4, 0.5) is 10.5 Å². The Labute approximate surface area is 182 Å². The summed E-state index contributed by atoms with van der Waals surface area (Å²) in [6.07, 6.45) is 5.32. The Kier molecular flexibility index (Phi) is 6.26. The van der Waals surface area contributed by atoms with Crippen molar-refractivity contribution in [2.24, 2.45) is 0 Å². The number of rotatable bonds is 5. The Morgan fingerprint density at radius 3 is 2.55 bits per heavy atom. The molecule has 1 aromatic heterocycles. The van der Waals surface area contributed by atoms with E-state index < -0.39 is 0 Å². The number of ether oxygens (including phenoxy) is 1. The van der Waals surface area contributed by atoms with Gasteiger partial charge < -0.3 is 19.9 Å². The number of hydrogen-bond donors (Lipinski definition) is 2. The van der Waals surface area contributed by atoms with Gasteiger partial charge in [-0.3, -0.25) is 4.79 Å². The number of methoxy groups -OCH3 is 1. The molecule has 0 unspecified atom stereocenters. The van der Waals surface area contributed by atoms with Crippen LogP contribution in [-0.2, 0) is 6.54 Å². The molecule has 6 heteroatoms. The van der Waals surface area contributed by atoms with Gasteiger partial charge in [-0.05, 0) is 67.6 Å². The molecular formula is C25H29N3O3. The second kappa shape index (κ2) is 9.25. The number of aryl methyl sites for hydroxylation is 1. The van der Waals surface area contributed by atoms with E-state index in [1.807, 2.05) is 54.3 Å². The number of nitrogens with zero attached hydrogens (tertiary/aromatic N) is 1. The number of pyridine rings is 1. The monoisotopic (exact) mass is 419 g/mol. The number of fused-ring (bicyclic) bond motifs is 1. The smallest absolute Gasteiger partial charge is 0.322 e. The molecule has 1 aliphatic carbocycles. The zero-order valence-electron chi connectivity index (χ0n) is 18.1. The Morgan fingerprint density at radius 1 is 1.10 bits per heavy atom. The number of carbonyl (C=O) groups is 1. The average Bonchev–Trinajstić information content (AvgIpc) is 2.79. The molecule has 0 saturated heterocycles. The summed E-state index contributed by atoms with van der Waals surface area (Å²) in [7, 11) is 1.61. The number of aromatic amines is 1. The fraction of sp³-hybridized carbons (Fsp3) is 0.360. The van der Waals surface area contributed by atoms with Gasteiger partial charge in [0.25, 0.3) is 5.56 Å². The van der Waals surface area contributed by atoms with Gasteiger partial charge in [-0.1, -0.05) is 30.9 Å². The van der Waals surface area contributed by atoms with Gasteiger partial charge in [0.15, 0.2) is 0 Å². The van der Waals surface area contributed by atoms with Crippen molar-refractivity contribution in [2.45, 2.75) is 51.6 Å². The van der Waals surface area contributed by atoms with Crippen molar-refractivity contribution in [3.63, 3.8) is 0 Å². The lowest BCUT2D eigenvalue weighted by molar-refractivity contribution is 0.162. The van der Waals surface area contributed by atoms with Crippen molar-refractivity contribution in [3.05, 3.63) is 70.0 Å². The first-order chi connectivity index (χ1) is 15.0. The van der Waals surface area contributed by atoms with Crippen LogP contribution in [0.3, 0.4) is 0 Å². The number of urea groups is 1. The third kappa shape index (κ3) is 4.90. The fourth-order valence-corrected chi connectivity index (χ4v) is 4.30. The number of nitrogens with one attached hydrogen (secondary N) is 2. The molecule has 2 aromatic carbocycles. The van der Waals surface area contributed by atoms with E-state index in [0.717, 1.165) is 47.9 Å². The molecule has 0 aliphatic heterocycles. The lowest BCUT2D eigenvalue weighted by Gasteiger charge is -2.34. The number of benzene rings is 2. The third-order valence-corrected chi connectivity index (χ3v) is 6.03. The van der Waals surface area contributed by atoms with Gasteiger partial charge in [0.1, 0.15) is 5.75 Å². The van der Waals surface area contributed by atoms with Crippen molar-refractivity contribution in [3.8, 4) is 5.75 Å². The van der Waals surface area contributed by atoms with Crippen LogP contribution in [0.15, 0.2) is 53.3 Å². The van der Waals surface area contributed by atoms with Crippen LogP contribution in [0.2, 0.25) is 0 Å². The molecule has 0 atom stereocenters. The number of amides is 2. The van der Waals surface area contributed by atoms with Gasteiger partial charge >= 0.3 is 6.03 Å². The van der Waals surface area contributed by atoms with Gasteiger partial charge in [-0.2, -0.15) is 0 Å². The fourth-order valence-electron chi connectivity index (χ4n) is 4.30. The molecule has 1 heterocycles. The van der Waals surface area contributed by atoms with Crippen molar-refractivity contribution in [1.82, 2.24) is 9.88 Å². The molecule has 0 bridgehead atoms. The Bertz CT molecular complexity index is 1120. The summed E-state index contributed by atoms with van der Waals surface area (Å²) in [5.74, 6) is 0.736. The summed E-state index contributed by atoms with van der Waals surface area (Å²) in [6, 6.07) is 15.1. The highest BCUT2D eigenvalue weighted by Crippen LogP contribution is 2.25. The van der Waals surface area contributed by atoms with Crippen molar-refractivity contribution >= 4 is 22.6 Å². The molecule has 2 amide bonds. The predicted molar refractivity (Wildman–Crippen MR) is 124 cm³/mol. The summed E-state index contributed by atoms with van der Waals surface area (Å²) >= 11 is 0. The molecule has 6 nitrogen and oxygen atoms in total. The average molecular weight is 420 g/mol. The van der Waals surface area contributed by atoms with Crippen molar-refractivity contribution in [2.75, 3.05) is 12.4 Å². The Morgan fingerprint density at radius 2 is 1.84 bits per heavy atom. The number of hydrogen-bond acceptors (Lipinski definition) is 3. The molecule has 31 heavy (non-hydrogen) atoms. The molecule has 0 spiro atoms. The summed E-state index contributed by atoms with van der Waals surface area (Å²) in [4.78, 5) is 30.8. The zero-order chi connectivity index (χ0) is 21.8. The summed E-state index contributed by atoms with van der Waals surface area (Å²) < 4.78 is 5.19. The van der Waals surface area contributed by atoms with Crippen LogP contribution in [0.1, 0.15) is 43.2 Å². The van der Waals surface area contributed by atoms with Crippen molar-refractivity contribution in [1.29, 1.82) is 0 Å². The van der Waals surface area contributed by atoms with Crippen LogP contribution >= 0.6 is 0 Å². The summed E-state index contributed by atoms with van der Waals surface area (Å²) in [5, 5.41) is 3.98. The van der Waals surface area contributed by atoms with Crippen LogP contribution < -0.4 is 15.6 Å². The minimum atomic E-state index is -0.180. The maximum absolute atomic E-state index is 13.3. The molecule has 0 radical (unpaired) electrons. The molecule has 162 valence electrons. The van der Waals surface area contributed by atoms with Crippen LogP contribution in [0.5, 0.6) is 5.75 Å². The van der Waals surface area contributed by atoms with Gasteiger partial charge in [-0.15, -0.1) is 0 Å². The van der Waals surface area contributed by atoms with Crippen LogP contribution in [-0.4, -0.2) is 29.1 Å². The minimum Gasteiger partial charge on any atom is -0.497 e. The van der Waals surface area contributed by atoms with Gasteiger partial charge in [0.05, 0.1) is 13.7 Å². The zero-order valence-corrected chi connectivity index (χ0v) is 18.1. The first-order valence-corrected chi connectivity index (χ1v) is 10.9. The third-order valence-electron chi connectivity index (χ3n) is 6.03. The molecule has 1 saturated carbocycles. The number of H-pyrrole nitrogens is 1. The molecule has 4 rings (SSSR count). The summed E-state index contributed by atoms with van der Waals surface area (Å²) in [5.41, 5.74) is 3.11. The van der Waals surface area contributed by atoms with Crippen LogP contribution in [0, 0.1) is 6.92 Å². The van der Waals surface area contributed by atoms with Crippen LogP contribution in [0.25, 0.3) is 10.9 Å². The predicted octanol–water partition coefficient (Wildman–Crippen LogP) is 5.21. The highest BCUT2D eigenvalue weighted by molar-refractivity contribution is 5.89. The maximum Gasteiger partial charge on any atom is 0.322 e. The standard InChI is InChI=1S/C25H29N3O3/c1-17-8-13-23-18(14-17)15-19(24(29)27-23)16-28(21-6-4-3-5-7-21)25(30)26-20-9-11-22(31-2)12-10-20/h8-15,21H,3-7,16H2,1-2H3,(H,26,30)(H,27,29). The molecule has 1 aliphatic rings. The van der Waals surface area contributed by atoms with Gasteiger partial charge in [0.2, 0.25) is 0 Å². The molecule has 3 aromatic rings. The molecule has 1 fully saturated rings. The van der Waals surface area contributed by atoms with E-state index in [-0.39, 0.29) is 24.2 Å². The maximum atomic E-state index is 13.3. The van der Waals surface area contributed by atoms with E-state index in [1.54, 1.807) is 7.11 Å². The van der Waals surface area contributed by atoms with Crippen molar-refractivity contribution < 1.29 is 9.53 Å².